The summed E-state index contributed by atoms with van der Waals surface area (Å²) < 4.78 is 4.90. The Hall–Kier alpha value is -1.23. The lowest BCUT2D eigenvalue weighted by Crippen LogP contribution is -2.32. The molecule has 4 nitrogen and oxygen atoms in total. The number of carbonyl (C=O) groups excluding carboxylic acids is 2. The van der Waals surface area contributed by atoms with Crippen LogP contribution in [0.4, 0.5) is 0 Å². The van der Waals surface area contributed by atoms with Crippen LogP contribution in [-0.4, -0.2) is 28.3 Å². The van der Waals surface area contributed by atoms with Gasteiger partial charge in [0.25, 0.3) is 5.91 Å². The first-order valence-corrected chi connectivity index (χ1v) is 4.90. The second-order valence-electron chi connectivity index (χ2n) is 2.58. The average Bonchev–Trinajstić information content (AvgIpc) is 2.72. The van der Waals surface area contributed by atoms with Crippen molar-refractivity contribution in [2.75, 3.05) is 11.6 Å². The minimum atomic E-state index is -0.347. The Labute approximate surface area is 78.9 Å². The molecule has 0 atom stereocenters. The zero-order chi connectivity index (χ0) is 9.26. The van der Waals surface area contributed by atoms with E-state index in [-0.39, 0.29) is 17.6 Å². The molecule has 0 bridgehead atoms. The standard InChI is InChI=1S/C8H7NO3S/c10-7-4-13-5-9(7)8(11)6-2-1-3-12-6/h1-3H,4-5H2. The minimum Gasteiger partial charge on any atom is -0.459 e. The topological polar surface area (TPSA) is 50.5 Å². The monoisotopic (exact) mass is 197 g/mol. The molecule has 2 heterocycles. The van der Waals surface area contributed by atoms with E-state index in [1.54, 1.807) is 12.1 Å². The second-order valence-corrected chi connectivity index (χ2v) is 3.54. The Balaban J connectivity index is 2.18. The van der Waals surface area contributed by atoms with Crippen molar-refractivity contribution in [2.45, 2.75) is 0 Å². The summed E-state index contributed by atoms with van der Waals surface area (Å²) >= 11 is 1.43. The first-order chi connectivity index (χ1) is 6.29. The zero-order valence-electron chi connectivity index (χ0n) is 6.73. The van der Waals surface area contributed by atoms with Gasteiger partial charge in [-0.25, -0.2) is 0 Å². The molecule has 0 N–H and O–H groups in total. The Morgan fingerprint density at radius 2 is 2.46 bits per heavy atom. The Kier molecular flexibility index (Phi) is 2.10. The number of amides is 2. The molecule has 2 rings (SSSR count). The minimum absolute atomic E-state index is 0.147. The van der Waals surface area contributed by atoms with E-state index in [9.17, 15) is 9.59 Å². The fourth-order valence-corrected chi connectivity index (χ4v) is 1.94. The van der Waals surface area contributed by atoms with E-state index in [1.165, 1.54) is 22.9 Å². The third-order valence-electron chi connectivity index (χ3n) is 1.72. The molecule has 1 aliphatic rings. The van der Waals surface area contributed by atoms with Crippen LogP contribution < -0.4 is 0 Å². The quantitative estimate of drug-likeness (QED) is 0.629. The lowest BCUT2D eigenvalue weighted by atomic mass is 10.4. The van der Waals surface area contributed by atoms with Gasteiger partial charge in [-0.3, -0.25) is 14.5 Å². The maximum Gasteiger partial charge on any atom is 0.296 e. The van der Waals surface area contributed by atoms with E-state index in [4.69, 9.17) is 4.42 Å². The highest BCUT2D eigenvalue weighted by molar-refractivity contribution is 8.00. The van der Waals surface area contributed by atoms with Gasteiger partial charge in [-0.2, -0.15) is 0 Å². The number of furan rings is 1. The van der Waals surface area contributed by atoms with Crippen molar-refractivity contribution in [3.8, 4) is 0 Å². The van der Waals surface area contributed by atoms with Crippen LogP contribution in [0.3, 0.4) is 0 Å². The van der Waals surface area contributed by atoms with Crippen molar-refractivity contribution in [3.05, 3.63) is 24.2 Å². The summed E-state index contributed by atoms with van der Waals surface area (Å²) in [5.41, 5.74) is 0. The highest BCUT2D eigenvalue weighted by Gasteiger charge is 2.29. The molecular weight excluding hydrogens is 190 g/mol. The largest absolute Gasteiger partial charge is 0.459 e. The van der Waals surface area contributed by atoms with Gasteiger partial charge in [0.2, 0.25) is 5.91 Å². The van der Waals surface area contributed by atoms with Gasteiger partial charge in [-0.1, -0.05) is 0 Å². The van der Waals surface area contributed by atoms with E-state index in [2.05, 4.69) is 0 Å². The van der Waals surface area contributed by atoms with E-state index >= 15 is 0 Å². The SMILES string of the molecule is O=C1CSCN1C(=O)c1ccco1. The van der Waals surface area contributed by atoms with Crippen LogP contribution in [0.5, 0.6) is 0 Å². The first-order valence-electron chi connectivity index (χ1n) is 3.75. The van der Waals surface area contributed by atoms with Gasteiger partial charge in [-0.15, -0.1) is 11.8 Å². The molecule has 5 heteroatoms. The van der Waals surface area contributed by atoms with E-state index in [0.29, 0.717) is 11.6 Å². The Morgan fingerprint density at radius 3 is 3.00 bits per heavy atom. The van der Waals surface area contributed by atoms with Crippen molar-refractivity contribution in [1.82, 2.24) is 4.90 Å². The molecule has 1 aliphatic heterocycles. The molecule has 0 unspecified atom stereocenters. The van der Waals surface area contributed by atoms with E-state index in [1.807, 2.05) is 0 Å². The normalized spacial score (nSPS) is 16.6. The van der Waals surface area contributed by atoms with Crippen molar-refractivity contribution < 1.29 is 14.0 Å². The maximum absolute atomic E-state index is 11.5. The first kappa shape index (κ1) is 8.37. The third-order valence-corrected chi connectivity index (χ3v) is 2.62. The Morgan fingerprint density at radius 1 is 1.62 bits per heavy atom. The molecule has 0 aromatic carbocycles. The van der Waals surface area contributed by atoms with Gasteiger partial charge in [0.15, 0.2) is 5.76 Å². The summed E-state index contributed by atoms with van der Waals surface area (Å²) in [7, 11) is 0. The number of nitrogens with zero attached hydrogens (tertiary/aromatic N) is 1. The molecule has 1 aromatic heterocycles. The number of hydrogen-bond donors (Lipinski definition) is 0. The molecule has 0 saturated carbocycles. The fraction of sp³-hybridized carbons (Fsp3) is 0.250. The van der Waals surface area contributed by atoms with Gasteiger partial charge in [0.05, 0.1) is 17.9 Å². The van der Waals surface area contributed by atoms with Crippen LogP contribution in [0.15, 0.2) is 22.8 Å². The van der Waals surface area contributed by atoms with E-state index < -0.39 is 0 Å². The molecule has 0 radical (unpaired) electrons. The van der Waals surface area contributed by atoms with Crippen LogP contribution in [0.2, 0.25) is 0 Å². The fourth-order valence-electron chi connectivity index (χ4n) is 1.08. The highest BCUT2D eigenvalue weighted by atomic mass is 32.2. The van der Waals surface area contributed by atoms with Crippen molar-refractivity contribution >= 4 is 23.6 Å². The van der Waals surface area contributed by atoms with Gasteiger partial charge in [0.1, 0.15) is 0 Å². The molecule has 1 saturated heterocycles. The van der Waals surface area contributed by atoms with Gasteiger partial charge in [-0.05, 0) is 12.1 Å². The molecule has 1 aromatic rings. The number of carbonyl (C=O) groups is 2. The van der Waals surface area contributed by atoms with Gasteiger partial charge in [0, 0.05) is 0 Å². The Bertz CT molecular complexity index is 333. The lowest BCUT2D eigenvalue weighted by Gasteiger charge is -2.09. The second kappa shape index (κ2) is 3.26. The highest BCUT2D eigenvalue weighted by Crippen LogP contribution is 2.17. The maximum atomic E-state index is 11.5. The predicted octanol–water partition coefficient (Wildman–Crippen LogP) is 0.953. The molecule has 0 spiro atoms. The van der Waals surface area contributed by atoms with Crippen molar-refractivity contribution in [3.63, 3.8) is 0 Å². The predicted molar refractivity (Wildman–Crippen MR) is 47.2 cm³/mol. The number of hydrogen-bond acceptors (Lipinski definition) is 4. The molecule has 13 heavy (non-hydrogen) atoms. The smallest absolute Gasteiger partial charge is 0.296 e. The van der Waals surface area contributed by atoms with Crippen LogP contribution in [0.25, 0.3) is 0 Å². The van der Waals surface area contributed by atoms with Gasteiger partial charge >= 0.3 is 0 Å². The van der Waals surface area contributed by atoms with Crippen molar-refractivity contribution in [2.24, 2.45) is 0 Å². The third kappa shape index (κ3) is 1.47. The van der Waals surface area contributed by atoms with Crippen LogP contribution in [0.1, 0.15) is 10.6 Å². The van der Waals surface area contributed by atoms with Crippen molar-refractivity contribution in [1.29, 1.82) is 0 Å². The summed E-state index contributed by atoms with van der Waals surface area (Å²) in [6, 6.07) is 3.18. The van der Waals surface area contributed by atoms with Crippen LogP contribution >= 0.6 is 11.8 Å². The zero-order valence-corrected chi connectivity index (χ0v) is 7.54. The molecule has 68 valence electrons. The molecule has 1 fully saturated rings. The summed E-state index contributed by atoms with van der Waals surface area (Å²) in [6.07, 6.45) is 1.42. The molecular formula is C8H7NO3S. The average molecular weight is 197 g/mol. The lowest BCUT2D eigenvalue weighted by molar-refractivity contribution is -0.124. The summed E-state index contributed by atoms with van der Waals surface area (Å²) in [6.45, 7) is 0. The summed E-state index contributed by atoms with van der Waals surface area (Å²) in [5, 5.41) is 0. The number of imide groups is 1. The number of rotatable bonds is 1. The van der Waals surface area contributed by atoms with Crippen LogP contribution in [0, 0.1) is 0 Å². The summed E-state index contributed by atoms with van der Waals surface area (Å²) in [5.74, 6) is 0.535. The molecule has 2 amide bonds. The van der Waals surface area contributed by atoms with Crippen LogP contribution in [-0.2, 0) is 4.79 Å². The van der Waals surface area contributed by atoms with E-state index in [0.717, 1.165) is 0 Å². The molecule has 0 aliphatic carbocycles. The van der Waals surface area contributed by atoms with Gasteiger partial charge < -0.3 is 4.42 Å². The number of thioether (sulfide) groups is 1. The summed E-state index contributed by atoms with van der Waals surface area (Å²) in [4.78, 5) is 23.9.